The molecular weight excluding hydrogens is 432 g/mol. The smallest absolute Gasteiger partial charge is 0.308 e. The highest BCUT2D eigenvalue weighted by atomic mass is 16.7. The molecule has 1 aromatic rings. The summed E-state index contributed by atoms with van der Waals surface area (Å²) in [7, 11) is 1.41. The summed E-state index contributed by atoms with van der Waals surface area (Å²) in [6, 6.07) is 1.99. The van der Waals surface area contributed by atoms with Crippen LogP contribution in [-0.2, 0) is 25.5 Å². The fourth-order valence-corrected chi connectivity index (χ4v) is 3.87. The predicted octanol–water partition coefficient (Wildman–Crippen LogP) is 6.30. The van der Waals surface area contributed by atoms with Gasteiger partial charge in [0, 0.05) is 25.3 Å². The van der Waals surface area contributed by atoms with Crippen LogP contribution in [0.1, 0.15) is 82.4 Å². The summed E-state index contributed by atoms with van der Waals surface area (Å²) < 4.78 is 22.2. The van der Waals surface area contributed by atoms with Gasteiger partial charge in [-0.2, -0.15) is 0 Å². The van der Waals surface area contributed by atoms with Gasteiger partial charge in [0.15, 0.2) is 6.29 Å². The third kappa shape index (κ3) is 8.98. The third-order valence-electron chi connectivity index (χ3n) is 6.16. The van der Waals surface area contributed by atoms with Crippen LogP contribution in [0, 0.1) is 13.8 Å². The average molecular weight is 473 g/mol. The monoisotopic (exact) mass is 472 g/mol. The first-order valence-corrected chi connectivity index (χ1v) is 12.2. The lowest BCUT2D eigenvalue weighted by molar-refractivity contribution is -0.140. The van der Waals surface area contributed by atoms with Gasteiger partial charge in [0.05, 0.1) is 13.7 Å². The second-order valence-corrected chi connectivity index (χ2v) is 9.04. The Morgan fingerprint density at radius 1 is 1.03 bits per heavy atom. The Kier molecular flexibility index (Phi) is 11.3. The maximum absolute atomic E-state index is 11.8. The zero-order chi connectivity index (χ0) is 25.1. The molecule has 0 radical (unpaired) electrons. The highest BCUT2D eigenvalue weighted by molar-refractivity contribution is 5.71. The molecule has 1 atom stereocenters. The van der Waals surface area contributed by atoms with Gasteiger partial charge in [0.25, 0.3) is 0 Å². The SMILES string of the molecule is COC(=O)CC/C(C)=C/CCC(C)=CCc1cc(OC2CCCCO2)c(C)c(C)c1OC(C)=O. The highest BCUT2D eigenvalue weighted by Gasteiger charge is 2.20. The lowest BCUT2D eigenvalue weighted by Gasteiger charge is -2.25. The normalized spacial score (nSPS) is 16.8. The molecule has 6 nitrogen and oxygen atoms in total. The number of allylic oxidation sites excluding steroid dienone is 4. The van der Waals surface area contributed by atoms with Gasteiger partial charge in [-0.15, -0.1) is 0 Å². The molecule has 6 heteroatoms. The van der Waals surface area contributed by atoms with E-state index in [0.29, 0.717) is 18.6 Å². The summed E-state index contributed by atoms with van der Waals surface area (Å²) >= 11 is 0. The molecule has 2 rings (SSSR count). The maximum atomic E-state index is 11.8. The number of carbonyl (C=O) groups is 2. The van der Waals surface area contributed by atoms with Crippen molar-refractivity contribution in [3.8, 4) is 11.5 Å². The van der Waals surface area contributed by atoms with Gasteiger partial charge < -0.3 is 18.9 Å². The number of benzene rings is 1. The first kappa shape index (κ1) is 27.6. The van der Waals surface area contributed by atoms with Crippen molar-refractivity contribution in [1.82, 2.24) is 0 Å². The number of carbonyl (C=O) groups excluding carboxylic acids is 2. The second kappa shape index (κ2) is 14.0. The summed E-state index contributed by atoms with van der Waals surface area (Å²) in [5, 5.41) is 0. The van der Waals surface area contributed by atoms with Crippen LogP contribution in [0.3, 0.4) is 0 Å². The molecule has 0 saturated carbocycles. The molecule has 188 valence electrons. The van der Waals surface area contributed by atoms with Crippen molar-refractivity contribution in [2.24, 2.45) is 0 Å². The fourth-order valence-electron chi connectivity index (χ4n) is 3.87. The summed E-state index contributed by atoms with van der Waals surface area (Å²) in [4.78, 5) is 23.1. The lowest BCUT2D eigenvalue weighted by atomic mass is 9.99. The van der Waals surface area contributed by atoms with E-state index < -0.39 is 0 Å². The van der Waals surface area contributed by atoms with E-state index in [0.717, 1.165) is 67.6 Å². The first-order chi connectivity index (χ1) is 16.2. The summed E-state index contributed by atoms with van der Waals surface area (Å²) in [5.41, 5.74) is 5.24. The molecule has 0 amide bonds. The lowest BCUT2D eigenvalue weighted by Crippen LogP contribution is -2.25. The zero-order valence-electron chi connectivity index (χ0n) is 21.6. The van der Waals surface area contributed by atoms with Crippen LogP contribution in [0.4, 0.5) is 0 Å². The van der Waals surface area contributed by atoms with Gasteiger partial charge in [-0.25, -0.2) is 0 Å². The van der Waals surface area contributed by atoms with E-state index in [1.807, 2.05) is 26.8 Å². The van der Waals surface area contributed by atoms with E-state index in [1.165, 1.54) is 25.2 Å². The largest absolute Gasteiger partial charge is 0.469 e. The van der Waals surface area contributed by atoms with Crippen molar-refractivity contribution in [3.05, 3.63) is 46.1 Å². The quantitative estimate of drug-likeness (QED) is 0.214. The van der Waals surface area contributed by atoms with E-state index in [2.05, 4.69) is 19.1 Å². The minimum atomic E-state index is -0.332. The number of methoxy groups -OCH3 is 1. The predicted molar refractivity (Wildman–Crippen MR) is 133 cm³/mol. The molecule has 1 saturated heterocycles. The van der Waals surface area contributed by atoms with Crippen LogP contribution >= 0.6 is 0 Å². The molecule has 0 aromatic heterocycles. The zero-order valence-corrected chi connectivity index (χ0v) is 21.6. The molecule has 1 fully saturated rings. The van der Waals surface area contributed by atoms with Gasteiger partial charge in [-0.05, 0) is 83.4 Å². The number of hydrogen-bond donors (Lipinski definition) is 0. The molecule has 1 aliphatic heterocycles. The minimum Gasteiger partial charge on any atom is -0.469 e. The minimum absolute atomic E-state index is 0.181. The number of hydrogen-bond acceptors (Lipinski definition) is 6. The summed E-state index contributed by atoms with van der Waals surface area (Å²) in [5.74, 6) is 0.885. The molecular formula is C28H40O6. The average Bonchev–Trinajstić information content (AvgIpc) is 2.81. The van der Waals surface area contributed by atoms with Crippen LogP contribution in [0.2, 0.25) is 0 Å². The van der Waals surface area contributed by atoms with Gasteiger partial charge in [-0.1, -0.05) is 23.3 Å². The Hall–Kier alpha value is -2.60. The van der Waals surface area contributed by atoms with Gasteiger partial charge in [-0.3, -0.25) is 9.59 Å². The van der Waals surface area contributed by atoms with E-state index in [9.17, 15) is 9.59 Å². The van der Waals surface area contributed by atoms with Gasteiger partial charge in [0.1, 0.15) is 11.5 Å². The van der Waals surface area contributed by atoms with Crippen LogP contribution < -0.4 is 9.47 Å². The van der Waals surface area contributed by atoms with Crippen molar-refractivity contribution in [2.75, 3.05) is 13.7 Å². The van der Waals surface area contributed by atoms with Crippen molar-refractivity contribution in [1.29, 1.82) is 0 Å². The van der Waals surface area contributed by atoms with Crippen LogP contribution in [-0.4, -0.2) is 31.9 Å². The molecule has 0 N–H and O–H groups in total. The molecule has 1 aliphatic rings. The van der Waals surface area contributed by atoms with E-state index in [-0.39, 0.29) is 18.2 Å². The molecule has 1 unspecified atom stereocenters. The van der Waals surface area contributed by atoms with Gasteiger partial charge >= 0.3 is 11.9 Å². The maximum Gasteiger partial charge on any atom is 0.308 e. The van der Waals surface area contributed by atoms with E-state index in [4.69, 9.17) is 18.9 Å². The highest BCUT2D eigenvalue weighted by Crippen LogP contribution is 2.36. The Morgan fingerprint density at radius 3 is 2.41 bits per heavy atom. The second-order valence-electron chi connectivity index (χ2n) is 9.04. The number of esters is 2. The Morgan fingerprint density at radius 2 is 1.76 bits per heavy atom. The summed E-state index contributed by atoms with van der Waals surface area (Å²) in [6.07, 6.45) is 10.8. The van der Waals surface area contributed by atoms with Gasteiger partial charge in [0.2, 0.25) is 0 Å². The Balaban J connectivity index is 2.10. The standard InChI is InChI=1S/C28H40O6/c1-19(10-9-11-20(2)14-16-26(30)31-6)13-15-24-18-25(34-27-12-7-8-17-32-27)21(3)22(4)28(24)33-23(5)29/h11,13,18,27H,7-10,12,14-17H2,1-6H3/b19-13?,20-11+. The van der Waals surface area contributed by atoms with E-state index in [1.54, 1.807) is 0 Å². The third-order valence-corrected chi connectivity index (χ3v) is 6.16. The number of ether oxygens (including phenoxy) is 4. The van der Waals surface area contributed by atoms with Crippen molar-refractivity contribution in [2.45, 2.75) is 92.3 Å². The topological polar surface area (TPSA) is 71.1 Å². The molecule has 0 bridgehead atoms. The van der Waals surface area contributed by atoms with Crippen LogP contribution in [0.5, 0.6) is 11.5 Å². The van der Waals surface area contributed by atoms with E-state index >= 15 is 0 Å². The van der Waals surface area contributed by atoms with Crippen LogP contribution in [0.15, 0.2) is 29.4 Å². The Bertz CT molecular complexity index is 906. The van der Waals surface area contributed by atoms with Crippen molar-refractivity contribution >= 4 is 11.9 Å². The molecule has 34 heavy (non-hydrogen) atoms. The molecule has 0 aliphatic carbocycles. The number of rotatable bonds is 11. The van der Waals surface area contributed by atoms with Crippen LogP contribution in [0.25, 0.3) is 0 Å². The molecule has 0 spiro atoms. The summed E-state index contributed by atoms with van der Waals surface area (Å²) in [6.45, 7) is 10.2. The fraction of sp³-hybridized carbons (Fsp3) is 0.571. The first-order valence-electron chi connectivity index (χ1n) is 12.2. The van der Waals surface area contributed by atoms with Crippen molar-refractivity contribution in [3.63, 3.8) is 0 Å². The Labute approximate surface area is 204 Å². The van der Waals surface area contributed by atoms with Crippen molar-refractivity contribution < 1.29 is 28.5 Å². The molecule has 1 aromatic carbocycles. The molecule has 1 heterocycles.